The maximum atomic E-state index is 15.5. The SMILES string of the molecule is CC(C)(C)CC1NC(C(=O)NCC[C@H](O)CO)C(c2cc(F)cc(Cl)c2)C1(C#N)c1ccc(Cl)cc1F. The molecule has 10 heteroatoms. The third-order valence-corrected chi connectivity index (χ3v) is 7.10. The zero-order chi connectivity index (χ0) is 27.5. The lowest BCUT2D eigenvalue weighted by Crippen LogP contribution is -2.46. The quantitative estimate of drug-likeness (QED) is 0.386. The number of amides is 1. The Labute approximate surface area is 225 Å². The summed E-state index contributed by atoms with van der Waals surface area (Å²) in [5.74, 6) is -2.91. The summed E-state index contributed by atoms with van der Waals surface area (Å²) in [6, 6.07) is 8.37. The molecule has 3 rings (SSSR count). The van der Waals surface area contributed by atoms with Crippen LogP contribution in [-0.2, 0) is 10.2 Å². The first-order chi connectivity index (χ1) is 17.3. The average molecular weight is 554 g/mol. The lowest BCUT2D eigenvalue weighted by Gasteiger charge is -2.37. The number of nitrogens with one attached hydrogen (secondary N) is 2. The van der Waals surface area contributed by atoms with Crippen LogP contribution in [0.15, 0.2) is 36.4 Å². The molecule has 1 aliphatic rings. The van der Waals surface area contributed by atoms with Crippen LogP contribution in [0.5, 0.6) is 0 Å². The van der Waals surface area contributed by atoms with E-state index in [9.17, 15) is 19.6 Å². The van der Waals surface area contributed by atoms with Crippen LogP contribution in [0.4, 0.5) is 8.78 Å². The normalized spacial score (nSPS) is 24.5. The number of benzene rings is 2. The fourth-order valence-corrected chi connectivity index (χ4v) is 5.53. The van der Waals surface area contributed by atoms with E-state index in [1.54, 1.807) is 0 Å². The van der Waals surface area contributed by atoms with Crippen molar-refractivity contribution in [1.29, 1.82) is 5.26 Å². The number of hydrogen-bond acceptors (Lipinski definition) is 5. The van der Waals surface area contributed by atoms with Gasteiger partial charge in [0.15, 0.2) is 0 Å². The highest BCUT2D eigenvalue weighted by atomic mass is 35.5. The van der Waals surface area contributed by atoms with Gasteiger partial charge in [0.1, 0.15) is 17.0 Å². The van der Waals surface area contributed by atoms with Crippen molar-refractivity contribution in [3.8, 4) is 6.07 Å². The Balaban J connectivity index is 2.22. The first-order valence-electron chi connectivity index (χ1n) is 12.0. The summed E-state index contributed by atoms with van der Waals surface area (Å²) in [7, 11) is 0. The number of rotatable bonds is 8. The Kier molecular flexibility index (Phi) is 9.20. The smallest absolute Gasteiger partial charge is 0.237 e. The average Bonchev–Trinajstić information content (AvgIpc) is 3.11. The summed E-state index contributed by atoms with van der Waals surface area (Å²) >= 11 is 12.2. The summed E-state index contributed by atoms with van der Waals surface area (Å²) in [5, 5.41) is 35.7. The van der Waals surface area contributed by atoms with Gasteiger partial charge in [0.25, 0.3) is 0 Å². The molecule has 5 atom stereocenters. The number of carbonyl (C=O) groups excluding carboxylic acids is 1. The molecule has 4 N–H and O–H groups in total. The molecule has 200 valence electrons. The lowest BCUT2D eigenvalue weighted by molar-refractivity contribution is -0.123. The molecule has 1 aliphatic heterocycles. The third kappa shape index (κ3) is 6.42. The van der Waals surface area contributed by atoms with Crippen molar-refractivity contribution in [2.45, 2.75) is 63.1 Å². The van der Waals surface area contributed by atoms with Crippen LogP contribution in [0.1, 0.15) is 50.7 Å². The van der Waals surface area contributed by atoms with E-state index >= 15 is 4.39 Å². The zero-order valence-corrected chi connectivity index (χ0v) is 22.4. The van der Waals surface area contributed by atoms with E-state index in [0.29, 0.717) is 6.42 Å². The number of aliphatic hydroxyl groups is 2. The Hall–Kier alpha value is -2.28. The Morgan fingerprint density at radius 3 is 2.49 bits per heavy atom. The second kappa shape index (κ2) is 11.6. The molecular weight excluding hydrogens is 523 g/mol. The molecule has 0 radical (unpaired) electrons. The number of halogens is 4. The highest BCUT2D eigenvalue weighted by Gasteiger charge is 2.60. The van der Waals surface area contributed by atoms with E-state index in [2.05, 4.69) is 16.7 Å². The molecule has 1 amide bonds. The number of nitriles is 1. The predicted octanol–water partition coefficient (Wildman–Crippen LogP) is 4.45. The Morgan fingerprint density at radius 2 is 1.92 bits per heavy atom. The number of carbonyl (C=O) groups is 1. The van der Waals surface area contributed by atoms with Crippen molar-refractivity contribution >= 4 is 29.1 Å². The topological polar surface area (TPSA) is 105 Å². The summed E-state index contributed by atoms with van der Waals surface area (Å²) in [6.45, 7) is 5.49. The van der Waals surface area contributed by atoms with Gasteiger partial charge >= 0.3 is 0 Å². The highest BCUT2D eigenvalue weighted by molar-refractivity contribution is 6.30. The third-order valence-electron chi connectivity index (χ3n) is 6.65. The van der Waals surface area contributed by atoms with Gasteiger partial charge in [-0.05, 0) is 54.2 Å². The Morgan fingerprint density at radius 1 is 1.22 bits per heavy atom. The maximum Gasteiger partial charge on any atom is 0.237 e. The highest BCUT2D eigenvalue weighted by Crippen LogP contribution is 2.52. The number of aliphatic hydroxyl groups excluding tert-OH is 2. The largest absolute Gasteiger partial charge is 0.394 e. The number of nitrogens with zero attached hydrogens (tertiary/aromatic N) is 1. The van der Waals surface area contributed by atoms with E-state index in [1.807, 2.05) is 20.8 Å². The molecule has 0 aromatic heterocycles. The minimum absolute atomic E-state index is 0.0394. The van der Waals surface area contributed by atoms with Crippen LogP contribution in [0.25, 0.3) is 0 Å². The van der Waals surface area contributed by atoms with Crippen molar-refractivity contribution in [3.05, 3.63) is 69.2 Å². The molecule has 4 unspecified atom stereocenters. The van der Waals surface area contributed by atoms with Crippen LogP contribution >= 0.6 is 23.2 Å². The molecule has 6 nitrogen and oxygen atoms in total. The van der Waals surface area contributed by atoms with Crippen molar-refractivity contribution in [3.63, 3.8) is 0 Å². The van der Waals surface area contributed by atoms with Gasteiger partial charge in [0, 0.05) is 34.1 Å². The van der Waals surface area contributed by atoms with Gasteiger partial charge in [-0.3, -0.25) is 4.79 Å². The van der Waals surface area contributed by atoms with Crippen molar-refractivity contribution in [1.82, 2.24) is 10.6 Å². The molecular formula is C27H31Cl2F2N3O3. The fourth-order valence-electron chi connectivity index (χ4n) is 5.14. The van der Waals surface area contributed by atoms with Crippen molar-refractivity contribution in [2.75, 3.05) is 13.2 Å². The van der Waals surface area contributed by atoms with Crippen LogP contribution in [-0.4, -0.2) is 47.5 Å². The van der Waals surface area contributed by atoms with Gasteiger partial charge < -0.3 is 20.8 Å². The first kappa shape index (κ1) is 29.3. The van der Waals surface area contributed by atoms with Crippen LogP contribution in [0.3, 0.4) is 0 Å². The Bertz CT molecular complexity index is 1160. The minimum atomic E-state index is -1.63. The summed E-state index contributed by atoms with van der Waals surface area (Å²) < 4.78 is 30.1. The minimum Gasteiger partial charge on any atom is -0.394 e. The molecule has 37 heavy (non-hydrogen) atoms. The number of hydrogen-bond donors (Lipinski definition) is 4. The second-order valence-corrected chi connectivity index (χ2v) is 11.5. The molecule has 1 fully saturated rings. The molecule has 0 spiro atoms. The van der Waals surface area contributed by atoms with Crippen LogP contribution in [0.2, 0.25) is 10.0 Å². The van der Waals surface area contributed by atoms with E-state index in [0.717, 1.165) is 12.1 Å². The molecule has 0 bridgehead atoms. The zero-order valence-electron chi connectivity index (χ0n) is 20.9. The van der Waals surface area contributed by atoms with Gasteiger partial charge in [0.2, 0.25) is 5.91 Å². The summed E-state index contributed by atoms with van der Waals surface area (Å²) in [5.41, 5.74) is -1.66. The standard InChI is InChI=1S/C27H31Cl2F2N3O3/c1-26(2,3)12-22-27(14-32,20-5-4-16(28)11-21(20)31)23(15-8-17(29)10-18(30)9-15)24(34-22)25(37)33-7-6-19(36)13-35/h4-5,8-11,19,22-24,34-36H,6-7,12-13H2,1-3H3,(H,33,37)/t19-,22?,23?,24?,27?/m0/s1. The first-order valence-corrected chi connectivity index (χ1v) is 12.7. The van der Waals surface area contributed by atoms with E-state index in [-0.39, 0.29) is 39.6 Å². The van der Waals surface area contributed by atoms with E-state index in [4.69, 9.17) is 28.3 Å². The van der Waals surface area contributed by atoms with Gasteiger partial charge in [-0.25, -0.2) is 8.78 Å². The van der Waals surface area contributed by atoms with Gasteiger partial charge in [-0.15, -0.1) is 0 Å². The molecule has 1 saturated heterocycles. The molecule has 0 aliphatic carbocycles. The molecule has 2 aromatic rings. The van der Waals surface area contributed by atoms with Crippen LogP contribution < -0.4 is 10.6 Å². The van der Waals surface area contributed by atoms with Gasteiger partial charge in [-0.1, -0.05) is 50.0 Å². The predicted molar refractivity (Wildman–Crippen MR) is 138 cm³/mol. The summed E-state index contributed by atoms with van der Waals surface area (Å²) in [6.07, 6.45) is -0.522. The molecule has 1 heterocycles. The van der Waals surface area contributed by atoms with E-state index < -0.39 is 53.7 Å². The lowest BCUT2D eigenvalue weighted by atomic mass is 9.62. The summed E-state index contributed by atoms with van der Waals surface area (Å²) in [4.78, 5) is 13.5. The fraction of sp³-hybridized carbons (Fsp3) is 0.481. The molecule has 0 saturated carbocycles. The second-order valence-electron chi connectivity index (χ2n) is 10.7. The van der Waals surface area contributed by atoms with Crippen LogP contribution in [0, 0.1) is 28.4 Å². The maximum absolute atomic E-state index is 15.5. The van der Waals surface area contributed by atoms with Crippen molar-refractivity contribution in [2.24, 2.45) is 5.41 Å². The van der Waals surface area contributed by atoms with Gasteiger partial charge in [-0.2, -0.15) is 5.26 Å². The van der Waals surface area contributed by atoms with Gasteiger partial charge in [0.05, 0.1) is 24.8 Å². The monoisotopic (exact) mass is 553 g/mol. The molecule has 2 aromatic carbocycles. The van der Waals surface area contributed by atoms with E-state index in [1.165, 1.54) is 24.3 Å². The van der Waals surface area contributed by atoms with Crippen molar-refractivity contribution < 1.29 is 23.8 Å².